The fraction of sp³-hybridized carbons (Fsp3) is 0.462. The summed E-state index contributed by atoms with van der Waals surface area (Å²) in [6.45, 7) is 4.68. The summed E-state index contributed by atoms with van der Waals surface area (Å²) < 4.78 is 1.80. The summed E-state index contributed by atoms with van der Waals surface area (Å²) in [5.74, 6) is 2.40. The first-order chi connectivity index (χ1) is 8.12. The number of carbonyl (C=O) groups excluding carboxylic acids is 1. The molecule has 0 radical (unpaired) electrons. The molecule has 1 aromatic heterocycles. The van der Waals surface area contributed by atoms with Crippen molar-refractivity contribution in [1.82, 2.24) is 9.88 Å². The molecule has 17 heavy (non-hydrogen) atoms. The third-order valence-electron chi connectivity index (χ3n) is 2.52. The van der Waals surface area contributed by atoms with E-state index in [-0.39, 0.29) is 11.9 Å². The third-order valence-corrected chi connectivity index (χ3v) is 2.73. The monoisotopic (exact) mass is 252 g/mol. The fourth-order valence-electron chi connectivity index (χ4n) is 1.64. The van der Waals surface area contributed by atoms with Crippen LogP contribution < -0.4 is 5.32 Å². The lowest BCUT2D eigenvalue weighted by Gasteiger charge is -2.12. The molecule has 0 aliphatic carbocycles. The number of rotatable bonds is 5. The van der Waals surface area contributed by atoms with Crippen LogP contribution in [0.5, 0.6) is 0 Å². The van der Waals surface area contributed by atoms with Gasteiger partial charge in [0.1, 0.15) is 5.69 Å². The Hall–Kier alpha value is -1.40. The molecule has 1 rings (SSSR count). The van der Waals surface area contributed by atoms with Gasteiger partial charge in [-0.1, -0.05) is 30.9 Å². The Kier molecular flexibility index (Phi) is 5.11. The van der Waals surface area contributed by atoms with E-state index >= 15 is 0 Å². The van der Waals surface area contributed by atoms with Gasteiger partial charge in [-0.05, 0) is 19.4 Å². The van der Waals surface area contributed by atoms with E-state index < -0.39 is 0 Å². The number of terminal acetylenes is 1. The van der Waals surface area contributed by atoms with Crippen molar-refractivity contribution < 1.29 is 4.79 Å². The van der Waals surface area contributed by atoms with E-state index in [1.165, 1.54) is 0 Å². The Bertz CT molecular complexity index is 431. The highest BCUT2D eigenvalue weighted by Crippen LogP contribution is 2.14. The second-order valence-corrected chi connectivity index (χ2v) is 4.25. The molecule has 0 aromatic carbocycles. The van der Waals surface area contributed by atoms with Gasteiger partial charge in [-0.15, -0.1) is 6.42 Å². The van der Waals surface area contributed by atoms with Crippen molar-refractivity contribution in [3.05, 3.63) is 23.0 Å². The molecule has 0 saturated carbocycles. The fourth-order valence-corrected chi connectivity index (χ4v) is 1.87. The smallest absolute Gasteiger partial charge is 0.268 e. The first kappa shape index (κ1) is 13.7. The lowest BCUT2D eigenvalue weighted by molar-refractivity contribution is 0.0935. The van der Waals surface area contributed by atoms with Gasteiger partial charge in [-0.3, -0.25) is 4.79 Å². The van der Waals surface area contributed by atoms with Crippen molar-refractivity contribution in [1.29, 1.82) is 0 Å². The van der Waals surface area contributed by atoms with Crippen LogP contribution in [-0.2, 0) is 6.54 Å². The standard InChI is InChI=1S/C13H17ClN2O/c1-4-7-11(5-2)15-13(17)12-8-10(14)9-16(12)6-3/h2,8-9,11H,4,6-7H2,1,3H3,(H,15,17). The first-order valence-corrected chi connectivity index (χ1v) is 6.12. The molecule has 0 saturated heterocycles. The topological polar surface area (TPSA) is 34.0 Å². The van der Waals surface area contributed by atoms with Gasteiger partial charge in [0.2, 0.25) is 0 Å². The van der Waals surface area contributed by atoms with E-state index in [0.717, 1.165) is 12.8 Å². The zero-order valence-corrected chi connectivity index (χ0v) is 10.9. The third kappa shape index (κ3) is 3.54. The molecule has 1 heterocycles. The number of carbonyl (C=O) groups is 1. The van der Waals surface area contributed by atoms with Crippen LogP contribution in [0.1, 0.15) is 37.2 Å². The normalized spacial score (nSPS) is 11.9. The van der Waals surface area contributed by atoms with Crippen LogP contribution in [0.2, 0.25) is 5.02 Å². The summed E-state index contributed by atoms with van der Waals surface area (Å²) in [6, 6.07) is 1.44. The molecule has 1 N–H and O–H groups in total. The predicted molar refractivity (Wildman–Crippen MR) is 70.1 cm³/mol. The number of nitrogens with one attached hydrogen (secondary N) is 1. The molecule has 92 valence electrons. The van der Waals surface area contributed by atoms with Crippen molar-refractivity contribution in [3.8, 4) is 12.3 Å². The number of hydrogen-bond donors (Lipinski definition) is 1. The van der Waals surface area contributed by atoms with E-state index in [2.05, 4.69) is 11.2 Å². The summed E-state index contributed by atoms with van der Waals surface area (Å²) in [5.41, 5.74) is 0.550. The van der Waals surface area contributed by atoms with Gasteiger partial charge in [-0.25, -0.2) is 0 Å². The largest absolute Gasteiger partial charge is 0.342 e. The van der Waals surface area contributed by atoms with Gasteiger partial charge in [-0.2, -0.15) is 0 Å². The highest BCUT2D eigenvalue weighted by molar-refractivity contribution is 6.31. The molecule has 3 nitrogen and oxygen atoms in total. The average Bonchev–Trinajstić information content (AvgIpc) is 2.69. The second kappa shape index (κ2) is 6.36. The zero-order valence-electron chi connectivity index (χ0n) is 10.2. The second-order valence-electron chi connectivity index (χ2n) is 3.81. The lowest BCUT2D eigenvalue weighted by Crippen LogP contribution is -2.34. The Balaban J connectivity index is 2.79. The maximum atomic E-state index is 12.0. The zero-order chi connectivity index (χ0) is 12.8. The average molecular weight is 253 g/mol. The van der Waals surface area contributed by atoms with Gasteiger partial charge >= 0.3 is 0 Å². The number of amides is 1. The quantitative estimate of drug-likeness (QED) is 0.804. The van der Waals surface area contributed by atoms with Gasteiger partial charge in [0, 0.05) is 12.7 Å². The van der Waals surface area contributed by atoms with Crippen LogP contribution in [-0.4, -0.2) is 16.5 Å². The van der Waals surface area contributed by atoms with Crippen LogP contribution >= 0.6 is 11.6 Å². The summed E-state index contributed by atoms with van der Waals surface area (Å²) >= 11 is 5.88. The molecule has 1 atom stereocenters. The number of nitrogens with zero attached hydrogens (tertiary/aromatic N) is 1. The molecule has 0 bridgehead atoms. The lowest BCUT2D eigenvalue weighted by atomic mass is 10.2. The van der Waals surface area contributed by atoms with Crippen LogP contribution in [0.25, 0.3) is 0 Å². The van der Waals surface area contributed by atoms with E-state index in [4.69, 9.17) is 18.0 Å². The van der Waals surface area contributed by atoms with Crippen LogP contribution in [0.3, 0.4) is 0 Å². The highest BCUT2D eigenvalue weighted by Gasteiger charge is 2.15. The van der Waals surface area contributed by atoms with Gasteiger partial charge in [0.05, 0.1) is 11.1 Å². The molecule has 1 unspecified atom stereocenters. The Labute approximate surface area is 107 Å². The van der Waals surface area contributed by atoms with Crippen LogP contribution in [0.15, 0.2) is 12.3 Å². The minimum absolute atomic E-state index is 0.171. The molecule has 0 fully saturated rings. The van der Waals surface area contributed by atoms with Crippen molar-refractivity contribution in [3.63, 3.8) is 0 Å². The maximum absolute atomic E-state index is 12.0. The van der Waals surface area contributed by atoms with E-state index in [1.54, 1.807) is 16.8 Å². The number of hydrogen-bond acceptors (Lipinski definition) is 1. The minimum Gasteiger partial charge on any atom is -0.342 e. The molecule has 0 spiro atoms. The Morgan fingerprint density at radius 2 is 2.35 bits per heavy atom. The molecule has 4 heteroatoms. The van der Waals surface area contributed by atoms with Crippen molar-refractivity contribution in [2.24, 2.45) is 0 Å². The van der Waals surface area contributed by atoms with Gasteiger partial charge in [0.15, 0.2) is 0 Å². The van der Waals surface area contributed by atoms with Gasteiger partial charge < -0.3 is 9.88 Å². The predicted octanol–water partition coefficient (Wildman–Crippen LogP) is 2.69. The SMILES string of the molecule is C#CC(CCC)NC(=O)c1cc(Cl)cn1CC. The van der Waals surface area contributed by atoms with Gasteiger partial charge in [0.25, 0.3) is 5.91 Å². The number of aromatic nitrogens is 1. The Morgan fingerprint density at radius 1 is 1.65 bits per heavy atom. The van der Waals surface area contributed by atoms with Crippen molar-refractivity contribution in [2.45, 2.75) is 39.3 Å². The first-order valence-electron chi connectivity index (χ1n) is 5.75. The molecule has 1 amide bonds. The van der Waals surface area contributed by atoms with Crippen LogP contribution in [0, 0.1) is 12.3 Å². The molecule has 0 aliphatic heterocycles. The van der Waals surface area contributed by atoms with Crippen molar-refractivity contribution >= 4 is 17.5 Å². The minimum atomic E-state index is -0.216. The summed E-state index contributed by atoms with van der Waals surface area (Å²) in [5, 5.41) is 3.38. The molecular weight excluding hydrogens is 236 g/mol. The van der Waals surface area contributed by atoms with E-state index in [1.807, 2.05) is 13.8 Å². The molecule has 1 aromatic rings. The number of aryl methyl sites for hydroxylation is 1. The van der Waals surface area contributed by atoms with E-state index in [0.29, 0.717) is 17.3 Å². The number of halogens is 1. The van der Waals surface area contributed by atoms with E-state index in [9.17, 15) is 4.79 Å². The summed E-state index contributed by atoms with van der Waals surface area (Å²) in [6.07, 6.45) is 8.82. The summed E-state index contributed by atoms with van der Waals surface area (Å²) in [7, 11) is 0. The summed E-state index contributed by atoms with van der Waals surface area (Å²) in [4.78, 5) is 12.0. The highest BCUT2D eigenvalue weighted by atomic mass is 35.5. The van der Waals surface area contributed by atoms with Crippen molar-refractivity contribution in [2.75, 3.05) is 0 Å². The van der Waals surface area contributed by atoms with Crippen LogP contribution in [0.4, 0.5) is 0 Å². The molecule has 0 aliphatic rings. The maximum Gasteiger partial charge on any atom is 0.268 e. The Morgan fingerprint density at radius 3 is 2.88 bits per heavy atom. The molecular formula is C13H17ClN2O.